The zero-order valence-electron chi connectivity index (χ0n) is 5.96. The van der Waals surface area contributed by atoms with Gasteiger partial charge in [-0.2, -0.15) is 0 Å². The lowest BCUT2D eigenvalue weighted by Gasteiger charge is -1.95. The molecule has 0 fully saturated rings. The first-order valence-corrected chi connectivity index (χ1v) is 3.71. The second-order valence-electron chi connectivity index (χ2n) is 2.34. The number of halogens is 2. The van der Waals surface area contributed by atoms with Crippen molar-refractivity contribution in [2.24, 2.45) is 0 Å². The van der Waals surface area contributed by atoms with Crippen LogP contribution in [-0.4, -0.2) is 9.97 Å². The van der Waals surface area contributed by atoms with E-state index in [2.05, 4.69) is 9.97 Å². The van der Waals surface area contributed by atoms with Crippen molar-refractivity contribution in [2.75, 3.05) is 0 Å². The summed E-state index contributed by atoms with van der Waals surface area (Å²) in [5.74, 6) is -0.322. The largest absolute Gasteiger partial charge is 0.226 e. The molecule has 0 atom stereocenters. The summed E-state index contributed by atoms with van der Waals surface area (Å²) in [4.78, 5) is 7.62. The molecule has 0 aliphatic rings. The smallest absolute Gasteiger partial charge is 0.222 e. The van der Waals surface area contributed by atoms with Crippen molar-refractivity contribution in [3.05, 3.63) is 35.5 Å². The average molecular weight is 183 g/mol. The molecule has 0 aliphatic carbocycles. The Morgan fingerprint density at radius 3 is 3.00 bits per heavy atom. The monoisotopic (exact) mass is 182 g/mol. The molecule has 2 nitrogen and oxygen atoms in total. The third-order valence-corrected chi connectivity index (χ3v) is 1.70. The topological polar surface area (TPSA) is 25.8 Å². The van der Waals surface area contributed by atoms with Crippen LogP contribution in [-0.2, 0) is 0 Å². The van der Waals surface area contributed by atoms with Gasteiger partial charge in [0.05, 0.1) is 5.52 Å². The fourth-order valence-electron chi connectivity index (χ4n) is 0.974. The van der Waals surface area contributed by atoms with Crippen LogP contribution in [0.1, 0.15) is 0 Å². The van der Waals surface area contributed by atoms with Gasteiger partial charge in [0.25, 0.3) is 0 Å². The van der Waals surface area contributed by atoms with Gasteiger partial charge in [-0.1, -0.05) is 0 Å². The highest BCUT2D eigenvalue weighted by atomic mass is 35.5. The van der Waals surface area contributed by atoms with Crippen LogP contribution in [0.4, 0.5) is 4.39 Å². The minimum atomic E-state index is -0.322. The summed E-state index contributed by atoms with van der Waals surface area (Å²) in [5, 5.41) is 0.911. The Hall–Kier alpha value is -1.22. The van der Waals surface area contributed by atoms with Gasteiger partial charge in [0.2, 0.25) is 5.28 Å². The lowest BCUT2D eigenvalue weighted by atomic mass is 10.2. The number of hydrogen-bond acceptors (Lipinski definition) is 2. The van der Waals surface area contributed by atoms with Crippen molar-refractivity contribution >= 4 is 22.5 Å². The van der Waals surface area contributed by atoms with Crippen LogP contribution < -0.4 is 0 Å². The maximum atomic E-state index is 12.7. The zero-order valence-corrected chi connectivity index (χ0v) is 6.72. The van der Waals surface area contributed by atoms with Gasteiger partial charge in [0, 0.05) is 17.6 Å². The predicted octanol–water partition coefficient (Wildman–Crippen LogP) is 2.42. The zero-order chi connectivity index (χ0) is 8.55. The molecule has 0 radical (unpaired) electrons. The van der Waals surface area contributed by atoms with Crippen LogP contribution in [0.15, 0.2) is 24.4 Å². The molecule has 0 bridgehead atoms. The van der Waals surface area contributed by atoms with E-state index < -0.39 is 0 Å². The summed E-state index contributed by atoms with van der Waals surface area (Å²) in [6.45, 7) is 0. The molecule has 1 heterocycles. The summed E-state index contributed by atoms with van der Waals surface area (Å²) >= 11 is 5.53. The highest BCUT2D eigenvalue weighted by Crippen LogP contribution is 2.13. The first kappa shape index (κ1) is 7.43. The molecule has 1 aromatic heterocycles. The van der Waals surface area contributed by atoms with Gasteiger partial charge in [-0.25, -0.2) is 14.4 Å². The number of nitrogens with zero attached hydrogens (tertiary/aromatic N) is 2. The van der Waals surface area contributed by atoms with Gasteiger partial charge >= 0.3 is 0 Å². The van der Waals surface area contributed by atoms with E-state index in [0.717, 1.165) is 5.39 Å². The van der Waals surface area contributed by atoms with Crippen LogP contribution in [0.2, 0.25) is 5.28 Å². The van der Waals surface area contributed by atoms with Crippen LogP contribution >= 0.6 is 11.6 Å². The van der Waals surface area contributed by atoms with E-state index in [9.17, 15) is 4.39 Å². The quantitative estimate of drug-likeness (QED) is 0.585. The summed E-state index contributed by atoms with van der Waals surface area (Å²) in [6, 6.07) is 4.30. The van der Waals surface area contributed by atoms with Crippen molar-refractivity contribution in [2.45, 2.75) is 0 Å². The number of hydrogen-bond donors (Lipinski definition) is 0. The van der Waals surface area contributed by atoms with Crippen LogP contribution in [0.5, 0.6) is 0 Å². The van der Waals surface area contributed by atoms with E-state index in [1.54, 1.807) is 12.3 Å². The third-order valence-electron chi connectivity index (χ3n) is 1.52. The van der Waals surface area contributed by atoms with Crippen molar-refractivity contribution in [1.29, 1.82) is 0 Å². The Kier molecular flexibility index (Phi) is 1.66. The normalized spacial score (nSPS) is 10.5. The predicted molar refractivity (Wildman–Crippen MR) is 44.5 cm³/mol. The maximum absolute atomic E-state index is 12.7. The fraction of sp³-hybridized carbons (Fsp3) is 0. The molecule has 0 unspecified atom stereocenters. The highest BCUT2D eigenvalue weighted by Gasteiger charge is 1.98. The van der Waals surface area contributed by atoms with E-state index in [1.807, 2.05) is 0 Å². The van der Waals surface area contributed by atoms with Gasteiger partial charge in [-0.15, -0.1) is 0 Å². The highest BCUT2D eigenvalue weighted by molar-refractivity contribution is 6.28. The molecule has 2 aromatic rings. The van der Waals surface area contributed by atoms with Crippen LogP contribution in [0, 0.1) is 5.82 Å². The number of fused-ring (bicyclic) bond motifs is 1. The molecule has 0 amide bonds. The van der Waals surface area contributed by atoms with Crippen molar-refractivity contribution in [3.63, 3.8) is 0 Å². The second kappa shape index (κ2) is 2.68. The molecular weight excluding hydrogens is 179 g/mol. The Morgan fingerprint density at radius 1 is 1.33 bits per heavy atom. The average Bonchev–Trinajstić information content (AvgIpc) is 2.03. The Bertz CT molecular complexity index is 394. The van der Waals surface area contributed by atoms with E-state index in [0.29, 0.717) is 5.52 Å². The summed E-state index contributed by atoms with van der Waals surface area (Å²) < 4.78 is 12.7. The Labute approximate surface area is 73.0 Å². The summed E-state index contributed by atoms with van der Waals surface area (Å²) in [6.07, 6.45) is 1.56. The standard InChI is InChI=1S/C8H4ClFN2/c9-8-11-4-5-1-2-6(10)3-7(5)12-8/h1-4H. The van der Waals surface area contributed by atoms with E-state index in [-0.39, 0.29) is 11.1 Å². The lowest BCUT2D eigenvalue weighted by Crippen LogP contribution is -1.84. The second-order valence-corrected chi connectivity index (χ2v) is 2.68. The molecule has 0 aliphatic heterocycles. The third kappa shape index (κ3) is 1.23. The van der Waals surface area contributed by atoms with Crippen molar-refractivity contribution in [1.82, 2.24) is 9.97 Å². The molecule has 0 saturated carbocycles. The molecule has 2 rings (SSSR count). The summed E-state index contributed by atoms with van der Waals surface area (Å²) in [5.41, 5.74) is 0.523. The van der Waals surface area contributed by atoms with Gasteiger partial charge in [0.15, 0.2) is 0 Å². The van der Waals surface area contributed by atoms with Crippen molar-refractivity contribution < 1.29 is 4.39 Å². The number of rotatable bonds is 0. The molecule has 60 valence electrons. The molecule has 0 N–H and O–H groups in total. The molecule has 0 spiro atoms. The minimum Gasteiger partial charge on any atom is -0.226 e. The molecule has 0 saturated heterocycles. The van der Waals surface area contributed by atoms with E-state index >= 15 is 0 Å². The number of benzene rings is 1. The molecule has 4 heteroatoms. The van der Waals surface area contributed by atoms with Crippen LogP contribution in [0.3, 0.4) is 0 Å². The van der Waals surface area contributed by atoms with E-state index in [4.69, 9.17) is 11.6 Å². The van der Waals surface area contributed by atoms with Crippen LogP contribution in [0.25, 0.3) is 10.9 Å². The van der Waals surface area contributed by atoms with Gasteiger partial charge < -0.3 is 0 Å². The summed E-state index contributed by atoms with van der Waals surface area (Å²) in [7, 11) is 0. The Morgan fingerprint density at radius 2 is 2.17 bits per heavy atom. The first-order valence-electron chi connectivity index (χ1n) is 3.33. The van der Waals surface area contributed by atoms with Gasteiger partial charge in [-0.05, 0) is 23.7 Å². The SMILES string of the molecule is Fc1ccc2cnc(Cl)nc2c1. The Balaban J connectivity index is 2.80. The number of aromatic nitrogens is 2. The molecular formula is C8H4ClFN2. The van der Waals surface area contributed by atoms with Crippen molar-refractivity contribution in [3.8, 4) is 0 Å². The van der Waals surface area contributed by atoms with Gasteiger partial charge in [0.1, 0.15) is 5.82 Å². The minimum absolute atomic E-state index is 0.133. The molecule has 1 aromatic carbocycles. The first-order chi connectivity index (χ1) is 5.75. The molecule has 12 heavy (non-hydrogen) atoms. The fourth-order valence-corrected chi connectivity index (χ4v) is 1.11. The van der Waals surface area contributed by atoms with Gasteiger partial charge in [-0.3, -0.25) is 0 Å². The van der Waals surface area contributed by atoms with E-state index in [1.165, 1.54) is 12.1 Å². The lowest BCUT2D eigenvalue weighted by molar-refractivity contribution is 0.629. The maximum Gasteiger partial charge on any atom is 0.222 e.